The zero-order chi connectivity index (χ0) is 14.6. The van der Waals surface area contributed by atoms with Crippen LogP contribution in [0, 0.1) is 12.8 Å². The van der Waals surface area contributed by atoms with Gasteiger partial charge in [-0.3, -0.25) is 9.59 Å². The molecule has 1 aromatic heterocycles. The zero-order valence-corrected chi connectivity index (χ0v) is 12.2. The molecular formula is C10H16N2O5S2. The number of carboxylic acids is 1. The van der Waals surface area contributed by atoms with Crippen molar-refractivity contribution in [2.75, 3.05) is 6.54 Å². The number of carbonyl (C=O) groups is 1. The van der Waals surface area contributed by atoms with Crippen LogP contribution in [0.25, 0.3) is 0 Å². The van der Waals surface area contributed by atoms with Crippen molar-refractivity contribution in [1.82, 2.24) is 9.71 Å². The van der Waals surface area contributed by atoms with Gasteiger partial charge in [0.25, 0.3) is 10.0 Å². The first-order chi connectivity index (χ1) is 8.72. The Kier molecular flexibility index (Phi) is 5.27. The van der Waals surface area contributed by atoms with Crippen molar-refractivity contribution >= 4 is 27.3 Å². The van der Waals surface area contributed by atoms with Gasteiger partial charge in [-0.15, -0.1) is 0 Å². The second-order valence-corrected chi connectivity index (χ2v) is 7.26. The van der Waals surface area contributed by atoms with Crippen LogP contribution < -0.4 is 9.60 Å². The SMILES string of the molecule is Cc1[nH]c(=O)sc1S(=O)(=O)NCC(C)CCC(=O)O. The molecule has 0 saturated heterocycles. The lowest BCUT2D eigenvalue weighted by atomic mass is 10.1. The summed E-state index contributed by atoms with van der Waals surface area (Å²) >= 11 is 0.636. The molecule has 7 nitrogen and oxygen atoms in total. The molecule has 0 bridgehead atoms. The van der Waals surface area contributed by atoms with Gasteiger partial charge in [0.05, 0.1) is 0 Å². The molecule has 108 valence electrons. The van der Waals surface area contributed by atoms with Crippen LogP contribution in [0.2, 0.25) is 0 Å². The summed E-state index contributed by atoms with van der Waals surface area (Å²) in [5.74, 6) is -1.00. The monoisotopic (exact) mass is 308 g/mol. The molecule has 0 saturated carbocycles. The number of aromatic amines is 1. The number of hydrogen-bond donors (Lipinski definition) is 3. The molecule has 19 heavy (non-hydrogen) atoms. The first-order valence-corrected chi connectivity index (χ1v) is 7.93. The summed E-state index contributed by atoms with van der Waals surface area (Å²) in [6.07, 6.45) is 0.389. The van der Waals surface area contributed by atoms with Gasteiger partial charge in [-0.05, 0) is 19.3 Å². The van der Waals surface area contributed by atoms with Gasteiger partial charge in [0.2, 0.25) is 0 Å². The fourth-order valence-electron chi connectivity index (χ4n) is 1.44. The summed E-state index contributed by atoms with van der Waals surface area (Å²) < 4.78 is 26.2. The largest absolute Gasteiger partial charge is 0.481 e. The summed E-state index contributed by atoms with van der Waals surface area (Å²) in [4.78, 5) is 23.5. The van der Waals surface area contributed by atoms with Gasteiger partial charge in [0.1, 0.15) is 0 Å². The lowest BCUT2D eigenvalue weighted by Gasteiger charge is -2.11. The molecule has 3 N–H and O–H groups in total. The van der Waals surface area contributed by atoms with Crippen molar-refractivity contribution in [3.63, 3.8) is 0 Å². The minimum Gasteiger partial charge on any atom is -0.481 e. The Balaban J connectivity index is 2.63. The molecular weight excluding hydrogens is 292 g/mol. The van der Waals surface area contributed by atoms with Crippen molar-refractivity contribution in [3.8, 4) is 0 Å². The van der Waals surface area contributed by atoms with Crippen molar-refractivity contribution in [1.29, 1.82) is 0 Å². The first-order valence-electron chi connectivity index (χ1n) is 5.63. The molecule has 1 atom stereocenters. The van der Waals surface area contributed by atoms with E-state index < -0.39 is 20.9 Å². The third kappa shape index (κ3) is 4.77. The maximum absolute atomic E-state index is 11.9. The Morgan fingerprint density at radius 1 is 1.53 bits per heavy atom. The van der Waals surface area contributed by atoms with E-state index in [9.17, 15) is 18.0 Å². The Morgan fingerprint density at radius 2 is 2.16 bits per heavy atom. The average Bonchev–Trinajstić information content (AvgIpc) is 2.64. The van der Waals surface area contributed by atoms with Crippen molar-refractivity contribution < 1.29 is 18.3 Å². The smallest absolute Gasteiger partial charge is 0.305 e. The number of hydrogen-bond acceptors (Lipinski definition) is 5. The summed E-state index contributed by atoms with van der Waals surface area (Å²) in [5, 5.41) is 8.53. The molecule has 1 aromatic rings. The third-order valence-corrected chi connectivity index (χ3v) is 5.53. The lowest BCUT2D eigenvalue weighted by molar-refractivity contribution is -0.137. The standard InChI is InChI=1S/C10H16N2O5S2/c1-6(3-4-8(13)14)5-11-19(16,17)9-7(2)12-10(15)18-9/h6,11H,3-5H2,1-2H3,(H,12,15)(H,13,14). The normalized spacial score (nSPS) is 13.4. The van der Waals surface area contributed by atoms with E-state index in [1.165, 1.54) is 6.92 Å². The van der Waals surface area contributed by atoms with E-state index in [2.05, 4.69) is 9.71 Å². The topological polar surface area (TPSA) is 116 Å². The molecule has 0 spiro atoms. The number of aryl methyl sites for hydroxylation is 1. The van der Waals surface area contributed by atoms with Crippen LogP contribution in [-0.2, 0) is 14.8 Å². The lowest BCUT2D eigenvalue weighted by Crippen LogP contribution is -2.28. The molecule has 9 heteroatoms. The fourth-order valence-corrected chi connectivity index (χ4v) is 3.94. The molecule has 0 aliphatic rings. The minimum absolute atomic E-state index is 0.000585. The third-order valence-electron chi connectivity index (χ3n) is 2.50. The van der Waals surface area contributed by atoms with E-state index in [4.69, 9.17) is 5.11 Å². The highest BCUT2D eigenvalue weighted by atomic mass is 32.2. The summed E-state index contributed by atoms with van der Waals surface area (Å²) in [6, 6.07) is 0. The maximum Gasteiger partial charge on any atom is 0.305 e. The highest BCUT2D eigenvalue weighted by molar-refractivity contribution is 7.91. The van der Waals surface area contributed by atoms with E-state index >= 15 is 0 Å². The van der Waals surface area contributed by atoms with Gasteiger partial charge in [-0.1, -0.05) is 18.3 Å². The molecule has 0 radical (unpaired) electrons. The second kappa shape index (κ2) is 6.31. The molecule has 1 heterocycles. The molecule has 0 amide bonds. The number of sulfonamides is 1. The molecule has 0 aromatic carbocycles. The van der Waals surface area contributed by atoms with Crippen LogP contribution in [0.3, 0.4) is 0 Å². The predicted octanol–water partition coefficient (Wildman–Crippen LogP) is 0.524. The van der Waals surface area contributed by atoms with Gasteiger partial charge in [0, 0.05) is 18.7 Å². The summed E-state index contributed by atoms with van der Waals surface area (Å²) in [5.41, 5.74) is 0.306. The van der Waals surface area contributed by atoms with Gasteiger partial charge < -0.3 is 10.1 Å². The van der Waals surface area contributed by atoms with Crippen LogP contribution in [-0.4, -0.2) is 31.0 Å². The number of thiazole rings is 1. The van der Waals surface area contributed by atoms with Crippen LogP contribution in [0.4, 0.5) is 0 Å². The van der Waals surface area contributed by atoms with Gasteiger partial charge in [-0.2, -0.15) is 0 Å². The van der Waals surface area contributed by atoms with Gasteiger partial charge >= 0.3 is 10.8 Å². The highest BCUT2D eigenvalue weighted by Gasteiger charge is 2.21. The number of rotatable bonds is 7. The van der Waals surface area contributed by atoms with E-state index in [1.807, 2.05) is 0 Å². The zero-order valence-electron chi connectivity index (χ0n) is 10.6. The summed E-state index contributed by atoms with van der Waals surface area (Å²) in [7, 11) is -3.71. The van der Waals surface area contributed by atoms with Crippen molar-refractivity contribution in [3.05, 3.63) is 15.4 Å². The van der Waals surface area contributed by atoms with Crippen LogP contribution >= 0.6 is 11.3 Å². The Labute approximate surface area is 114 Å². The maximum atomic E-state index is 11.9. The van der Waals surface area contributed by atoms with Crippen molar-refractivity contribution in [2.45, 2.75) is 30.9 Å². The number of carboxylic acid groups (broad SMARTS) is 1. The second-order valence-electron chi connectivity index (χ2n) is 4.32. The number of H-pyrrole nitrogens is 1. The Bertz CT molecular complexity index is 602. The number of aliphatic carboxylic acids is 1. The molecule has 0 aliphatic heterocycles. The first kappa shape index (κ1) is 15.9. The average molecular weight is 308 g/mol. The van der Waals surface area contributed by atoms with E-state index in [0.29, 0.717) is 23.5 Å². The Morgan fingerprint density at radius 3 is 2.63 bits per heavy atom. The molecule has 0 aliphatic carbocycles. The molecule has 0 fully saturated rings. The van der Waals surface area contributed by atoms with Crippen LogP contribution in [0.1, 0.15) is 25.5 Å². The predicted molar refractivity (Wildman–Crippen MR) is 70.9 cm³/mol. The number of nitrogens with one attached hydrogen (secondary N) is 2. The summed E-state index contributed by atoms with van der Waals surface area (Å²) in [6.45, 7) is 3.42. The molecule has 1 unspecified atom stereocenters. The number of aromatic nitrogens is 1. The highest BCUT2D eigenvalue weighted by Crippen LogP contribution is 2.16. The van der Waals surface area contributed by atoms with Crippen LogP contribution in [0.5, 0.6) is 0 Å². The van der Waals surface area contributed by atoms with E-state index in [1.54, 1.807) is 6.92 Å². The van der Waals surface area contributed by atoms with Crippen molar-refractivity contribution in [2.24, 2.45) is 5.92 Å². The Hall–Kier alpha value is -1.19. The van der Waals surface area contributed by atoms with Gasteiger partial charge in [0.15, 0.2) is 4.21 Å². The van der Waals surface area contributed by atoms with E-state index in [-0.39, 0.29) is 23.1 Å². The minimum atomic E-state index is -3.71. The molecule has 1 rings (SSSR count). The quantitative estimate of drug-likeness (QED) is 0.679. The van der Waals surface area contributed by atoms with Gasteiger partial charge in [-0.25, -0.2) is 13.1 Å². The fraction of sp³-hybridized carbons (Fsp3) is 0.600. The van der Waals surface area contributed by atoms with Crippen LogP contribution in [0.15, 0.2) is 9.00 Å². The van der Waals surface area contributed by atoms with E-state index in [0.717, 1.165) is 0 Å².